The molecule has 0 aromatic rings. The Kier molecular flexibility index (Phi) is 17.9. The standard InChI is InChI=1S/C27H49N3/c1-23(2)24(3)19-20-27(6)30-22-16-12-8-10-14-18-26(5)29-21-15-11-7-9-13-17-25(4)28/h19,29-30H,1,4-18,20-22,28H2,2-3H3/b24-19-. The van der Waals surface area contributed by atoms with Gasteiger partial charge in [-0.3, -0.25) is 0 Å². The third kappa shape index (κ3) is 19.4. The van der Waals surface area contributed by atoms with E-state index in [0.717, 1.165) is 49.3 Å². The summed E-state index contributed by atoms with van der Waals surface area (Å²) in [6.45, 7) is 22.2. The highest BCUT2D eigenvalue weighted by Gasteiger charge is 1.97. The second kappa shape index (κ2) is 19.1. The van der Waals surface area contributed by atoms with E-state index in [4.69, 9.17) is 5.73 Å². The van der Waals surface area contributed by atoms with Crippen molar-refractivity contribution < 1.29 is 0 Å². The predicted octanol–water partition coefficient (Wildman–Crippen LogP) is 7.26. The van der Waals surface area contributed by atoms with Gasteiger partial charge in [-0.1, -0.05) is 82.1 Å². The minimum atomic E-state index is 0.813. The molecule has 0 heterocycles. The molecule has 0 unspecified atom stereocenters. The molecule has 0 rings (SSSR count). The molecule has 0 aliphatic rings. The minimum Gasteiger partial charge on any atom is -0.403 e. The summed E-state index contributed by atoms with van der Waals surface area (Å²) >= 11 is 0. The largest absolute Gasteiger partial charge is 0.403 e. The average Bonchev–Trinajstić information content (AvgIpc) is 2.69. The van der Waals surface area contributed by atoms with Gasteiger partial charge in [0.25, 0.3) is 0 Å². The van der Waals surface area contributed by atoms with Gasteiger partial charge in [-0.15, -0.1) is 0 Å². The monoisotopic (exact) mass is 415 g/mol. The maximum atomic E-state index is 5.58. The summed E-state index contributed by atoms with van der Waals surface area (Å²) in [5.41, 5.74) is 11.1. The number of rotatable bonds is 21. The number of unbranched alkanes of at least 4 members (excludes halogenated alkanes) is 8. The van der Waals surface area contributed by atoms with Crippen LogP contribution in [0, 0.1) is 0 Å². The van der Waals surface area contributed by atoms with Crippen LogP contribution >= 0.6 is 0 Å². The van der Waals surface area contributed by atoms with E-state index in [1.54, 1.807) is 0 Å². The Morgan fingerprint density at radius 1 is 0.667 bits per heavy atom. The molecule has 30 heavy (non-hydrogen) atoms. The van der Waals surface area contributed by atoms with Crippen molar-refractivity contribution in [2.24, 2.45) is 5.73 Å². The number of nitrogens with one attached hydrogen (secondary N) is 2. The molecule has 0 aromatic carbocycles. The zero-order chi connectivity index (χ0) is 22.6. The van der Waals surface area contributed by atoms with Crippen LogP contribution in [-0.2, 0) is 0 Å². The lowest BCUT2D eigenvalue weighted by atomic mass is 10.1. The Morgan fingerprint density at radius 3 is 1.67 bits per heavy atom. The molecule has 172 valence electrons. The van der Waals surface area contributed by atoms with Crippen LogP contribution in [-0.4, -0.2) is 13.1 Å². The normalized spacial score (nSPS) is 11.2. The van der Waals surface area contributed by atoms with Crippen molar-refractivity contribution in [1.82, 2.24) is 10.6 Å². The average molecular weight is 416 g/mol. The van der Waals surface area contributed by atoms with Crippen molar-refractivity contribution in [3.8, 4) is 0 Å². The van der Waals surface area contributed by atoms with E-state index in [1.807, 2.05) is 6.92 Å². The molecule has 0 bridgehead atoms. The fraction of sp³-hybridized carbons (Fsp3) is 0.630. The third-order valence-electron chi connectivity index (χ3n) is 5.41. The summed E-state index contributed by atoms with van der Waals surface area (Å²) < 4.78 is 0. The van der Waals surface area contributed by atoms with Crippen LogP contribution in [0.1, 0.15) is 97.3 Å². The van der Waals surface area contributed by atoms with E-state index in [-0.39, 0.29) is 0 Å². The lowest BCUT2D eigenvalue weighted by molar-refractivity contribution is 0.572. The van der Waals surface area contributed by atoms with Crippen LogP contribution < -0.4 is 16.4 Å². The third-order valence-corrected chi connectivity index (χ3v) is 5.41. The molecule has 0 aliphatic carbocycles. The number of hydrogen-bond acceptors (Lipinski definition) is 3. The minimum absolute atomic E-state index is 0.813. The highest BCUT2D eigenvalue weighted by atomic mass is 14.9. The molecule has 0 saturated heterocycles. The SMILES string of the molecule is C=C(N)CCCCCCCNC(=C)CCCCCCCNC(=C)C/C=C(/C)C(=C)C. The van der Waals surface area contributed by atoms with Crippen LogP contribution in [0.4, 0.5) is 0 Å². The highest BCUT2D eigenvalue weighted by molar-refractivity contribution is 5.24. The van der Waals surface area contributed by atoms with Crippen molar-refractivity contribution >= 4 is 0 Å². The van der Waals surface area contributed by atoms with Gasteiger partial charge in [0.05, 0.1) is 0 Å². The van der Waals surface area contributed by atoms with Gasteiger partial charge in [-0.25, -0.2) is 0 Å². The molecule has 3 heteroatoms. The molecular weight excluding hydrogens is 366 g/mol. The zero-order valence-electron chi connectivity index (χ0n) is 20.1. The molecule has 4 N–H and O–H groups in total. The van der Waals surface area contributed by atoms with E-state index >= 15 is 0 Å². The molecular formula is C27H49N3. The van der Waals surface area contributed by atoms with Crippen LogP contribution in [0.25, 0.3) is 0 Å². The lowest BCUT2D eigenvalue weighted by Gasteiger charge is -2.10. The number of nitrogens with two attached hydrogens (primary N) is 1. The fourth-order valence-electron chi connectivity index (χ4n) is 3.14. The fourth-order valence-corrected chi connectivity index (χ4v) is 3.14. The van der Waals surface area contributed by atoms with Gasteiger partial charge in [0.15, 0.2) is 0 Å². The van der Waals surface area contributed by atoms with Crippen LogP contribution in [0.3, 0.4) is 0 Å². The molecule has 0 atom stereocenters. The van der Waals surface area contributed by atoms with E-state index in [9.17, 15) is 0 Å². The highest BCUT2D eigenvalue weighted by Crippen LogP contribution is 2.11. The van der Waals surface area contributed by atoms with E-state index in [1.165, 1.54) is 75.5 Å². The summed E-state index contributed by atoms with van der Waals surface area (Å²) in [7, 11) is 0. The summed E-state index contributed by atoms with van der Waals surface area (Å²) in [4.78, 5) is 0. The van der Waals surface area contributed by atoms with Gasteiger partial charge in [0.2, 0.25) is 0 Å². The Labute approximate surface area is 187 Å². The first kappa shape index (κ1) is 28.1. The maximum absolute atomic E-state index is 5.58. The first-order valence-corrected chi connectivity index (χ1v) is 11.9. The van der Waals surface area contributed by atoms with E-state index in [0.29, 0.717) is 0 Å². The molecule has 3 nitrogen and oxygen atoms in total. The quantitative estimate of drug-likeness (QED) is 0.137. The first-order chi connectivity index (χ1) is 14.3. The zero-order valence-corrected chi connectivity index (χ0v) is 20.1. The van der Waals surface area contributed by atoms with Gasteiger partial charge in [0, 0.05) is 36.6 Å². The molecule has 0 spiro atoms. The van der Waals surface area contributed by atoms with Crippen molar-refractivity contribution in [1.29, 1.82) is 0 Å². The number of allylic oxidation sites excluding steroid dienone is 5. The smallest absolute Gasteiger partial charge is 0.0143 e. The van der Waals surface area contributed by atoms with Gasteiger partial charge in [-0.2, -0.15) is 0 Å². The summed E-state index contributed by atoms with van der Waals surface area (Å²) in [6, 6.07) is 0. The summed E-state index contributed by atoms with van der Waals surface area (Å²) in [6.07, 6.45) is 17.7. The van der Waals surface area contributed by atoms with Crippen LogP contribution in [0.15, 0.2) is 60.6 Å². The van der Waals surface area contributed by atoms with Gasteiger partial charge < -0.3 is 16.4 Å². The summed E-state index contributed by atoms with van der Waals surface area (Å²) in [5.74, 6) is 0. The van der Waals surface area contributed by atoms with Gasteiger partial charge in [-0.05, 0) is 52.4 Å². The molecule has 0 aliphatic heterocycles. The van der Waals surface area contributed by atoms with E-state index < -0.39 is 0 Å². The number of hydrogen-bond donors (Lipinski definition) is 3. The van der Waals surface area contributed by atoms with Gasteiger partial charge in [0.1, 0.15) is 0 Å². The molecule has 0 amide bonds. The van der Waals surface area contributed by atoms with Crippen molar-refractivity contribution in [3.63, 3.8) is 0 Å². The van der Waals surface area contributed by atoms with Crippen LogP contribution in [0.5, 0.6) is 0 Å². The maximum Gasteiger partial charge on any atom is 0.0143 e. The molecule has 0 saturated carbocycles. The second-order valence-corrected chi connectivity index (χ2v) is 8.63. The molecule has 0 aromatic heterocycles. The Morgan fingerprint density at radius 2 is 1.13 bits per heavy atom. The lowest BCUT2D eigenvalue weighted by Crippen LogP contribution is -2.14. The molecule has 0 fully saturated rings. The molecule has 0 radical (unpaired) electrons. The van der Waals surface area contributed by atoms with Crippen molar-refractivity contribution in [2.45, 2.75) is 97.3 Å². The predicted molar refractivity (Wildman–Crippen MR) is 136 cm³/mol. The van der Waals surface area contributed by atoms with Gasteiger partial charge >= 0.3 is 0 Å². The Hall–Kier alpha value is -1.90. The van der Waals surface area contributed by atoms with Crippen molar-refractivity contribution in [3.05, 3.63) is 60.6 Å². The first-order valence-electron chi connectivity index (χ1n) is 11.9. The Balaban J connectivity index is 3.41. The van der Waals surface area contributed by atoms with Crippen LogP contribution in [0.2, 0.25) is 0 Å². The summed E-state index contributed by atoms with van der Waals surface area (Å²) in [5, 5.41) is 6.92. The van der Waals surface area contributed by atoms with E-state index in [2.05, 4.69) is 49.9 Å². The van der Waals surface area contributed by atoms with Crippen molar-refractivity contribution in [2.75, 3.05) is 13.1 Å². The second-order valence-electron chi connectivity index (χ2n) is 8.63. The topological polar surface area (TPSA) is 50.1 Å². The Bertz CT molecular complexity index is 542.